The number of benzene rings is 1. The average molecular weight is 226 g/mol. The first-order chi connectivity index (χ1) is 7.12. The van der Waals surface area contributed by atoms with E-state index in [4.69, 9.17) is 0 Å². The normalized spacial score (nSPS) is 29.1. The first kappa shape index (κ1) is 10.6. The minimum atomic E-state index is -3.30. The van der Waals surface area contributed by atoms with E-state index in [2.05, 4.69) is 9.44 Å². The number of rotatable bonds is 2. The van der Waals surface area contributed by atoms with Gasteiger partial charge in [0, 0.05) is 6.04 Å². The van der Waals surface area contributed by atoms with Gasteiger partial charge >= 0.3 is 0 Å². The second-order valence-corrected chi connectivity index (χ2v) is 5.12. The van der Waals surface area contributed by atoms with Crippen LogP contribution in [0.1, 0.15) is 24.9 Å². The molecule has 4 nitrogen and oxygen atoms in total. The van der Waals surface area contributed by atoms with Crippen molar-refractivity contribution in [3.8, 4) is 0 Å². The van der Waals surface area contributed by atoms with Gasteiger partial charge in [0.25, 0.3) is 10.2 Å². The van der Waals surface area contributed by atoms with Crippen molar-refractivity contribution < 1.29 is 8.42 Å². The Hall–Kier alpha value is -0.910. The highest BCUT2D eigenvalue weighted by molar-refractivity contribution is 7.87. The summed E-state index contributed by atoms with van der Waals surface area (Å²) in [6.07, 6.45) is 0.770. The zero-order chi connectivity index (χ0) is 10.9. The van der Waals surface area contributed by atoms with Gasteiger partial charge in [-0.3, -0.25) is 0 Å². The van der Waals surface area contributed by atoms with E-state index < -0.39 is 10.2 Å². The third-order valence-electron chi connectivity index (χ3n) is 2.59. The second-order valence-electron chi connectivity index (χ2n) is 3.64. The summed E-state index contributed by atoms with van der Waals surface area (Å²) in [5, 5.41) is 0. The van der Waals surface area contributed by atoms with Gasteiger partial charge in [0.05, 0.1) is 6.04 Å². The highest BCUT2D eigenvalue weighted by atomic mass is 32.2. The lowest BCUT2D eigenvalue weighted by molar-refractivity contribution is 0.514. The first-order valence-corrected chi connectivity index (χ1v) is 6.45. The highest BCUT2D eigenvalue weighted by Gasteiger charge is 2.35. The van der Waals surface area contributed by atoms with Crippen LogP contribution in [0.4, 0.5) is 0 Å². The quantitative estimate of drug-likeness (QED) is 0.788. The van der Waals surface area contributed by atoms with E-state index in [0.29, 0.717) is 0 Å². The highest BCUT2D eigenvalue weighted by Crippen LogP contribution is 2.24. The van der Waals surface area contributed by atoms with E-state index >= 15 is 0 Å². The zero-order valence-corrected chi connectivity index (χ0v) is 9.29. The van der Waals surface area contributed by atoms with Crippen LogP contribution in [0, 0.1) is 0 Å². The number of hydrogen-bond acceptors (Lipinski definition) is 2. The zero-order valence-electron chi connectivity index (χ0n) is 8.47. The molecule has 0 radical (unpaired) electrons. The van der Waals surface area contributed by atoms with Crippen molar-refractivity contribution in [2.24, 2.45) is 0 Å². The lowest BCUT2D eigenvalue weighted by atomic mass is 9.99. The van der Waals surface area contributed by atoms with Gasteiger partial charge in [-0.1, -0.05) is 37.3 Å². The third-order valence-corrected chi connectivity index (χ3v) is 3.77. The molecule has 1 saturated heterocycles. The van der Waals surface area contributed by atoms with Crippen molar-refractivity contribution in [3.63, 3.8) is 0 Å². The summed E-state index contributed by atoms with van der Waals surface area (Å²) in [5.74, 6) is 0. The van der Waals surface area contributed by atoms with Crippen LogP contribution in [0.15, 0.2) is 30.3 Å². The molecule has 2 rings (SSSR count). The largest absolute Gasteiger partial charge is 0.277 e. The SMILES string of the molecule is CC[C@@H]1NS(=O)(=O)N[C@H]1c1ccccc1. The van der Waals surface area contributed by atoms with Crippen molar-refractivity contribution in [3.05, 3.63) is 35.9 Å². The Balaban J connectivity index is 2.30. The van der Waals surface area contributed by atoms with Crippen LogP contribution in [-0.4, -0.2) is 14.5 Å². The second kappa shape index (κ2) is 3.92. The molecule has 1 heterocycles. The van der Waals surface area contributed by atoms with Crippen molar-refractivity contribution in [2.45, 2.75) is 25.4 Å². The third kappa shape index (κ3) is 2.19. The van der Waals surface area contributed by atoms with E-state index in [0.717, 1.165) is 12.0 Å². The van der Waals surface area contributed by atoms with Gasteiger partial charge in [0.15, 0.2) is 0 Å². The van der Waals surface area contributed by atoms with E-state index in [9.17, 15) is 8.42 Å². The molecule has 15 heavy (non-hydrogen) atoms. The molecule has 1 aromatic rings. The standard InChI is InChI=1S/C10H14N2O2S/c1-2-9-10(12-15(13,14)11-9)8-6-4-3-5-7-8/h3-7,9-12H,2H2,1H3/t9-,10-/m0/s1. The van der Waals surface area contributed by atoms with Crippen LogP contribution in [0.3, 0.4) is 0 Å². The summed E-state index contributed by atoms with van der Waals surface area (Å²) < 4.78 is 27.9. The molecule has 2 N–H and O–H groups in total. The monoisotopic (exact) mass is 226 g/mol. The summed E-state index contributed by atoms with van der Waals surface area (Å²) in [6.45, 7) is 1.97. The molecule has 0 saturated carbocycles. The van der Waals surface area contributed by atoms with Gasteiger partial charge in [-0.2, -0.15) is 17.9 Å². The predicted molar refractivity (Wildman–Crippen MR) is 58.5 cm³/mol. The Bertz CT molecular complexity index is 430. The van der Waals surface area contributed by atoms with Crippen molar-refractivity contribution in [1.29, 1.82) is 0 Å². The summed E-state index contributed by atoms with van der Waals surface area (Å²) in [5.41, 5.74) is 0.998. The molecular formula is C10H14N2O2S. The smallest absolute Gasteiger partial charge is 0.197 e. The summed E-state index contributed by atoms with van der Waals surface area (Å²) in [6, 6.07) is 9.40. The Kier molecular flexibility index (Phi) is 2.77. The fourth-order valence-electron chi connectivity index (χ4n) is 1.83. The Labute approximate surface area is 89.9 Å². The van der Waals surface area contributed by atoms with Crippen LogP contribution in [0.25, 0.3) is 0 Å². The molecule has 82 valence electrons. The lowest BCUT2D eigenvalue weighted by Crippen LogP contribution is -2.27. The molecule has 0 amide bonds. The molecule has 1 aliphatic rings. The van der Waals surface area contributed by atoms with E-state index in [1.807, 2.05) is 37.3 Å². The topological polar surface area (TPSA) is 58.2 Å². The average Bonchev–Trinajstić information content (AvgIpc) is 2.55. The van der Waals surface area contributed by atoms with Gasteiger partial charge in [0.1, 0.15) is 0 Å². The molecule has 1 aromatic carbocycles. The maximum absolute atomic E-state index is 11.4. The maximum atomic E-state index is 11.4. The number of nitrogens with one attached hydrogen (secondary N) is 2. The molecule has 5 heteroatoms. The molecule has 1 aliphatic heterocycles. The summed E-state index contributed by atoms with van der Waals surface area (Å²) >= 11 is 0. The van der Waals surface area contributed by atoms with Crippen LogP contribution < -0.4 is 9.44 Å². The Morgan fingerprint density at radius 1 is 1.20 bits per heavy atom. The van der Waals surface area contributed by atoms with E-state index in [-0.39, 0.29) is 12.1 Å². The lowest BCUT2D eigenvalue weighted by Gasteiger charge is -2.15. The number of hydrogen-bond donors (Lipinski definition) is 2. The fraction of sp³-hybridized carbons (Fsp3) is 0.400. The molecule has 0 aliphatic carbocycles. The van der Waals surface area contributed by atoms with Crippen molar-refractivity contribution in [2.75, 3.05) is 0 Å². The van der Waals surface area contributed by atoms with Gasteiger partial charge < -0.3 is 0 Å². The van der Waals surface area contributed by atoms with E-state index in [1.165, 1.54) is 0 Å². The van der Waals surface area contributed by atoms with Crippen molar-refractivity contribution >= 4 is 10.2 Å². The Morgan fingerprint density at radius 2 is 1.87 bits per heavy atom. The molecule has 0 bridgehead atoms. The van der Waals surface area contributed by atoms with Crippen molar-refractivity contribution in [1.82, 2.24) is 9.44 Å². The molecular weight excluding hydrogens is 212 g/mol. The molecule has 2 atom stereocenters. The van der Waals surface area contributed by atoms with E-state index in [1.54, 1.807) is 0 Å². The summed E-state index contributed by atoms with van der Waals surface area (Å²) in [7, 11) is -3.30. The van der Waals surface area contributed by atoms with Gasteiger partial charge in [-0.05, 0) is 12.0 Å². The van der Waals surface area contributed by atoms with Gasteiger partial charge in [0.2, 0.25) is 0 Å². The minimum absolute atomic E-state index is 0.0580. The molecule has 1 fully saturated rings. The maximum Gasteiger partial charge on any atom is 0.277 e. The van der Waals surface area contributed by atoms with Crippen LogP contribution in [0.5, 0.6) is 0 Å². The van der Waals surface area contributed by atoms with Gasteiger partial charge in [-0.25, -0.2) is 0 Å². The predicted octanol–water partition coefficient (Wildman–Crippen LogP) is 0.944. The molecule has 0 unspecified atom stereocenters. The minimum Gasteiger partial charge on any atom is -0.197 e. The van der Waals surface area contributed by atoms with Gasteiger partial charge in [-0.15, -0.1) is 0 Å². The molecule has 0 spiro atoms. The molecule has 0 aromatic heterocycles. The van der Waals surface area contributed by atoms with Crippen LogP contribution >= 0.6 is 0 Å². The van der Waals surface area contributed by atoms with Crippen LogP contribution in [-0.2, 0) is 10.2 Å². The Morgan fingerprint density at radius 3 is 2.47 bits per heavy atom. The summed E-state index contributed by atoms with van der Waals surface area (Å²) in [4.78, 5) is 0. The fourth-order valence-corrected chi connectivity index (χ4v) is 3.23. The first-order valence-electron chi connectivity index (χ1n) is 4.97. The van der Waals surface area contributed by atoms with Crippen LogP contribution in [0.2, 0.25) is 0 Å².